The minimum Gasteiger partial charge on any atom is -0.457 e. The lowest BCUT2D eigenvalue weighted by Crippen LogP contribution is -2.17. The summed E-state index contributed by atoms with van der Waals surface area (Å²) in [4.78, 5) is 0. The predicted octanol–water partition coefficient (Wildman–Crippen LogP) is 2.01. The molecule has 0 amide bonds. The van der Waals surface area contributed by atoms with E-state index >= 15 is 0 Å². The molecule has 0 aromatic heterocycles. The highest BCUT2D eigenvalue weighted by molar-refractivity contribution is 5.15. The summed E-state index contributed by atoms with van der Waals surface area (Å²) in [5.41, 5.74) is 1.22. The van der Waals surface area contributed by atoms with Crippen LogP contribution in [0.25, 0.3) is 0 Å². The fourth-order valence-corrected chi connectivity index (χ4v) is 1.49. The average molecular weight is 205 g/mol. The van der Waals surface area contributed by atoms with Gasteiger partial charge in [0, 0.05) is 13.0 Å². The van der Waals surface area contributed by atoms with E-state index < -0.39 is 0 Å². The zero-order chi connectivity index (χ0) is 10.5. The zero-order valence-electron chi connectivity index (χ0n) is 8.77. The number of nitrogens with one attached hydrogen (secondary N) is 1. The van der Waals surface area contributed by atoms with E-state index in [9.17, 15) is 0 Å². The Kier molecular flexibility index (Phi) is 3.12. The van der Waals surface area contributed by atoms with Crippen LogP contribution in [0.1, 0.15) is 12.5 Å². The Bertz CT molecular complexity index is 335. The number of rotatable bonds is 4. The van der Waals surface area contributed by atoms with Gasteiger partial charge in [-0.1, -0.05) is 30.3 Å². The van der Waals surface area contributed by atoms with Gasteiger partial charge in [-0.3, -0.25) is 0 Å². The second-order valence-electron chi connectivity index (χ2n) is 3.39. The molecule has 1 N–H and O–H groups in total. The van der Waals surface area contributed by atoms with Gasteiger partial charge in [-0.05, 0) is 12.5 Å². The van der Waals surface area contributed by atoms with Crippen LogP contribution >= 0.6 is 0 Å². The standard InChI is InChI=1S/C12H15NO2/c1-2-13-11-9-14-12(15-11)8-10-6-4-3-5-7-10/h3-7,9,12-13H,2,8H2,1H3. The molecule has 0 spiro atoms. The van der Waals surface area contributed by atoms with Crippen molar-refractivity contribution in [2.45, 2.75) is 19.6 Å². The molecule has 0 radical (unpaired) electrons. The van der Waals surface area contributed by atoms with Gasteiger partial charge < -0.3 is 14.8 Å². The Morgan fingerprint density at radius 2 is 2.07 bits per heavy atom. The molecule has 0 saturated heterocycles. The number of benzene rings is 1. The van der Waals surface area contributed by atoms with Crippen LogP contribution in [0.3, 0.4) is 0 Å². The summed E-state index contributed by atoms with van der Waals surface area (Å²) < 4.78 is 10.9. The van der Waals surface area contributed by atoms with E-state index in [-0.39, 0.29) is 6.29 Å². The van der Waals surface area contributed by atoms with E-state index in [2.05, 4.69) is 17.4 Å². The Hall–Kier alpha value is -1.64. The fourth-order valence-electron chi connectivity index (χ4n) is 1.49. The van der Waals surface area contributed by atoms with Crippen LogP contribution in [0.5, 0.6) is 0 Å². The smallest absolute Gasteiger partial charge is 0.246 e. The molecule has 0 bridgehead atoms. The van der Waals surface area contributed by atoms with E-state index in [0.29, 0.717) is 0 Å². The van der Waals surface area contributed by atoms with Crippen LogP contribution in [0, 0.1) is 0 Å². The summed E-state index contributed by atoms with van der Waals surface area (Å²) in [5.74, 6) is 0.721. The second kappa shape index (κ2) is 4.73. The first kappa shape index (κ1) is 9.90. The topological polar surface area (TPSA) is 30.5 Å². The summed E-state index contributed by atoms with van der Waals surface area (Å²) in [6.45, 7) is 2.86. The number of ether oxygens (including phenoxy) is 2. The molecule has 3 nitrogen and oxygen atoms in total. The Morgan fingerprint density at radius 1 is 1.27 bits per heavy atom. The summed E-state index contributed by atoms with van der Waals surface area (Å²) in [7, 11) is 0. The van der Waals surface area contributed by atoms with Crippen molar-refractivity contribution >= 4 is 0 Å². The summed E-state index contributed by atoms with van der Waals surface area (Å²) in [6.07, 6.45) is 2.21. The maximum Gasteiger partial charge on any atom is 0.246 e. The Labute approximate surface area is 89.7 Å². The molecular formula is C12H15NO2. The zero-order valence-corrected chi connectivity index (χ0v) is 8.77. The van der Waals surface area contributed by atoms with Gasteiger partial charge in [-0.25, -0.2) is 0 Å². The van der Waals surface area contributed by atoms with Crippen molar-refractivity contribution < 1.29 is 9.47 Å². The first-order valence-corrected chi connectivity index (χ1v) is 5.18. The lowest BCUT2D eigenvalue weighted by Gasteiger charge is -2.11. The van der Waals surface area contributed by atoms with Crippen LogP contribution in [0.2, 0.25) is 0 Å². The molecule has 1 unspecified atom stereocenters. The molecule has 1 aromatic rings. The molecular weight excluding hydrogens is 190 g/mol. The summed E-state index contributed by atoms with van der Waals surface area (Å²) in [5, 5.41) is 3.07. The van der Waals surface area contributed by atoms with Crippen LogP contribution in [-0.4, -0.2) is 12.8 Å². The van der Waals surface area contributed by atoms with Gasteiger partial charge in [-0.15, -0.1) is 0 Å². The highest BCUT2D eigenvalue weighted by atomic mass is 16.7. The maximum atomic E-state index is 5.53. The van der Waals surface area contributed by atoms with Crippen LogP contribution in [0.15, 0.2) is 42.5 Å². The Balaban J connectivity index is 1.84. The van der Waals surface area contributed by atoms with E-state index in [1.807, 2.05) is 25.1 Å². The normalized spacial score (nSPS) is 19.0. The quantitative estimate of drug-likeness (QED) is 0.815. The lowest BCUT2D eigenvalue weighted by atomic mass is 10.1. The Morgan fingerprint density at radius 3 is 2.80 bits per heavy atom. The van der Waals surface area contributed by atoms with Gasteiger partial charge in [0.25, 0.3) is 0 Å². The van der Waals surface area contributed by atoms with Gasteiger partial charge in [0.05, 0.1) is 0 Å². The van der Waals surface area contributed by atoms with Crippen molar-refractivity contribution in [1.29, 1.82) is 0 Å². The number of hydrogen-bond acceptors (Lipinski definition) is 3. The second-order valence-corrected chi connectivity index (χ2v) is 3.39. The third-order valence-electron chi connectivity index (χ3n) is 2.18. The molecule has 1 aliphatic heterocycles. The van der Waals surface area contributed by atoms with Crippen molar-refractivity contribution in [3.05, 3.63) is 48.0 Å². The van der Waals surface area contributed by atoms with Gasteiger partial charge >= 0.3 is 0 Å². The molecule has 1 heterocycles. The molecule has 1 aromatic carbocycles. The molecule has 80 valence electrons. The minimum atomic E-state index is -0.193. The molecule has 15 heavy (non-hydrogen) atoms. The molecule has 1 aliphatic rings. The molecule has 0 aliphatic carbocycles. The third-order valence-corrected chi connectivity index (χ3v) is 2.18. The van der Waals surface area contributed by atoms with E-state index in [1.54, 1.807) is 6.26 Å². The van der Waals surface area contributed by atoms with Crippen molar-refractivity contribution in [3.63, 3.8) is 0 Å². The van der Waals surface area contributed by atoms with Gasteiger partial charge in [0.1, 0.15) is 6.26 Å². The maximum absolute atomic E-state index is 5.53. The van der Waals surface area contributed by atoms with Crippen molar-refractivity contribution in [2.75, 3.05) is 6.54 Å². The first-order valence-electron chi connectivity index (χ1n) is 5.18. The molecule has 0 saturated carbocycles. The highest BCUT2D eigenvalue weighted by Gasteiger charge is 2.18. The summed E-state index contributed by atoms with van der Waals surface area (Å²) in [6, 6.07) is 10.2. The SMILES string of the molecule is CCNC1=COC(Cc2ccccc2)O1. The van der Waals surface area contributed by atoms with E-state index in [0.717, 1.165) is 18.8 Å². The average Bonchev–Trinajstić information content (AvgIpc) is 2.68. The van der Waals surface area contributed by atoms with E-state index in [4.69, 9.17) is 9.47 Å². The van der Waals surface area contributed by atoms with Gasteiger partial charge in [-0.2, -0.15) is 0 Å². The van der Waals surface area contributed by atoms with Gasteiger partial charge in [0.15, 0.2) is 0 Å². The first-order chi connectivity index (χ1) is 7.38. The fraction of sp³-hybridized carbons (Fsp3) is 0.333. The molecule has 1 atom stereocenters. The van der Waals surface area contributed by atoms with Gasteiger partial charge in [0.2, 0.25) is 12.2 Å². The highest BCUT2D eigenvalue weighted by Crippen LogP contribution is 2.16. The monoisotopic (exact) mass is 205 g/mol. The largest absolute Gasteiger partial charge is 0.457 e. The van der Waals surface area contributed by atoms with Crippen molar-refractivity contribution in [2.24, 2.45) is 0 Å². The molecule has 2 rings (SSSR count). The lowest BCUT2D eigenvalue weighted by molar-refractivity contribution is -0.0336. The van der Waals surface area contributed by atoms with Crippen molar-refractivity contribution in [1.82, 2.24) is 5.32 Å². The minimum absolute atomic E-state index is 0.193. The van der Waals surface area contributed by atoms with Crippen LogP contribution < -0.4 is 5.32 Å². The summed E-state index contributed by atoms with van der Waals surface area (Å²) >= 11 is 0. The third kappa shape index (κ3) is 2.65. The molecule has 0 fully saturated rings. The van der Waals surface area contributed by atoms with E-state index in [1.165, 1.54) is 5.56 Å². The van der Waals surface area contributed by atoms with Crippen LogP contribution in [-0.2, 0) is 15.9 Å². The number of hydrogen-bond donors (Lipinski definition) is 1. The molecule has 3 heteroatoms. The van der Waals surface area contributed by atoms with Crippen LogP contribution in [0.4, 0.5) is 0 Å². The van der Waals surface area contributed by atoms with Crippen molar-refractivity contribution in [3.8, 4) is 0 Å². The predicted molar refractivity (Wildman–Crippen MR) is 57.9 cm³/mol.